The largest absolute Gasteiger partial charge is 0.469 e. The number of esters is 1. The summed E-state index contributed by atoms with van der Waals surface area (Å²) < 4.78 is 5.18. The Morgan fingerprint density at radius 2 is 1.52 bits per heavy atom. The molecule has 144 valence electrons. The Balaban J connectivity index is 2.15. The Labute approximate surface area is 165 Å². The number of hydrogen-bond acceptors (Lipinski definition) is 2. The van der Waals surface area contributed by atoms with Gasteiger partial charge in [-0.3, -0.25) is 4.79 Å². The molecule has 0 aromatic heterocycles. The molecule has 2 aromatic carbocycles. The molecule has 3 rings (SSSR count). The van der Waals surface area contributed by atoms with Crippen molar-refractivity contribution in [3.8, 4) is 0 Å². The Morgan fingerprint density at radius 1 is 1.04 bits per heavy atom. The first-order valence-electron chi connectivity index (χ1n) is 9.95. The predicted molar refractivity (Wildman–Crippen MR) is 115 cm³/mol. The first kappa shape index (κ1) is 19.9. The van der Waals surface area contributed by atoms with E-state index in [2.05, 4.69) is 88.4 Å². The molecular weight excluding hydrogens is 348 g/mol. The van der Waals surface area contributed by atoms with Crippen LogP contribution in [0.3, 0.4) is 0 Å². The smallest absolute Gasteiger partial charge is 0.311 e. The Morgan fingerprint density at radius 3 is 1.85 bits per heavy atom. The highest BCUT2D eigenvalue weighted by Crippen LogP contribution is 2.53. The van der Waals surface area contributed by atoms with Gasteiger partial charge in [0.25, 0.3) is 0 Å². The highest BCUT2D eigenvalue weighted by molar-refractivity contribution is 7.04. The summed E-state index contributed by atoms with van der Waals surface area (Å²) in [7, 11) is -0.618. The van der Waals surface area contributed by atoms with Crippen molar-refractivity contribution in [1.29, 1.82) is 0 Å². The molecule has 2 nitrogen and oxygen atoms in total. The summed E-state index contributed by atoms with van der Waals surface area (Å²) in [6.07, 6.45) is 2.04. The van der Waals surface area contributed by atoms with E-state index in [1.807, 2.05) is 0 Å². The predicted octanol–water partition coefficient (Wildman–Crippen LogP) is 4.64. The summed E-state index contributed by atoms with van der Waals surface area (Å²) in [6, 6.07) is 23.1. The third-order valence-corrected chi connectivity index (χ3v) is 13.2. The molecule has 2 aromatic rings. The van der Waals surface area contributed by atoms with Crippen LogP contribution in [0, 0.1) is 11.3 Å². The maximum Gasteiger partial charge on any atom is 0.311 e. The van der Waals surface area contributed by atoms with Crippen molar-refractivity contribution in [3.05, 3.63) is 60.7 Å². The minimum Gasteiger partial charge on any atom is -0.469 e. The number of carbonyl (C=O) groups is 1. The number of methoxy groups -OCH3 is 1. The zero-order valence-electron chi connectivity index (χ0n) is 17.3. The van der Waals surface area contributed by atoms with E-state index in [0.717, 1.165) is 18.9 Å². The van der Waals surface area contributed by atoms with Gasteiger partial charge in [0.15, 0.2) is 0 Å². The van der Waals surface area contributed by atoms with Crippen LogP contribution < -0.4 is 10.4 Å². The minimum absolute atomic E-state index is 0.0447. The lowest BCUT2D eigenvalue weighted by atomic mass is 9.62. The van der Waals surface area contributed by atoms with Gasteiger partial charge in [0.2, 0.25) is 0 Å². The molecule has 0 amide bonds. The normalized spacial score (nSPS) is 22.8. The SMILES string of the molecule is COC(=O)C1(C)CCC1C[Si](c1ccccc1)(c1ccccc1)C(C)(C)C. The number of rotatable bonds is 5. The molecule has 1 saturated carbocycles. The summed E-state index contributed by atoms with van der Waals surface area (Å²) in [5.74, 6) is 0.327. The van der Waals surface area contributed by atoms with Crippen molar-refractivity contribution in [2.45, 2.75) is 51.6 Å². The molecule has 0 N–H and O–H groups in total. The highest BCUT2D eigenvalue weighted by atomic mass is 28.3. The summed E-state index contributed by atoms with van der Waals surface area (Å²) in [5.41, 5.74) is -0.345. The van der Waals surface area contributed by atoms with Crippen LogP contribution in [-0.2, 0) is 9.53 Å². The van der Waals surface area contributed by atoms with Gasteiger partial charge in [-0.25, -0.2) is 0 Å². The van der Waals surface area contributed by atoms with Crippen LogP contribution in [0.15, 0.2) is 60.7 Å². The maximum atomic E-state index is 12.5. The van der Waals surface area contributed by atoms with Gasteiger partial charge < -0.3 is 4.74 Å². The maximum absolute atomic E-state index is 12.5. The van der Waals surface area contributed by atoms with Crippen LogP contribution in [0.2, 0.25) is 11.1 Å². The van der Waals surface area contributed by atoms with E-state index in [9.17, 15) is 4.79 Å². The van der Waals surface area contributed by atoms with E-state index >= 15 is 0 Å². The van der Waals surface area contributed by atoms with Crippen molar-refractivity contribution < 1.29 is 9.53 Å². The molecule has 1 fully saturated rings. The third kappa shape index (κ3) is 3.27. The number of hydrogen-bond donors (Lipinski definition) is 0. The molecule has 1 aliphatic carbocycles. The Bertz CT molecular complexity index is 740. The summed E-state index contributed by atoms with van der Waals surface area (Å²) in [4.78, 5) is 12.5. The van der Waals surface area contributed by atoms with Gasteiger partial charge in [-0.2, -0.15) is 0 Å². The fourth-order valence-corrected chi connectivity index (χ4v) is 11.1. The number of ether oxygens (including phenoxy) is 1. The van der Waals surface area contributed by atoms with E-state index in [-0.39, 0.29) is 16.4 Å². The van der Waals surface area contributed by atoms with Crippen LogP contribution in [-0.4, -0.2) is 21.2 Å². The molecule has 2 atom stereocenters. The van der Waals surface area contributed by atoms with Gasteiger partial charge in [-0.15, -0.1) is 0 Å². The van der Waals surface area contributed by atoms with E-state index in [1.165, 1.54) is 17.5 Å². The topological polar surface area (TPSA) is 26.3 Å². The van der Waals surface area contributed by atoms with Gasteiger partial charge in [0.05, 0.1) is 12.5 Å². The van der Waals surface area contributed by atoms with Crippen molar-refractivity contribution in [2.75, 3.05) is 7.11 Å². The molecule has 27 heavy (non-hydrogen) atoms. The van der Waals surface area contributed by atoms with Crippen LogP contribution in [0.5, 0.6) is 0 Å². The second kappa shape index (κ2) is 7.27. The lowest BCUT2D eigenvalue weighted by Gasteiger charge is -2.52. The molecule has 1 aliphatic rings. The first-order chi connectivity index (χ1) is 12.8. The van der Waals surface area contributed by atoms with Crippen molar-refractivity contribution in [3.63, 3.8) is 0 Å². The average Bonchev–Trinajstić information content (AvgIpc) is 2.67. The van der Waals surface area contributed by atoms with Crippen LogP contribution in [0.4, 0.5) is 0 Å². The number of carbonyl (C=O) groups excluding carboxylic acids is 1. The van der Waals surface area contributed by atoms with E-state index in [1.54, 1.807) is 0 Å². The summed E-state index contributed by atoms with van der Waals surface area (Å²) in [5, 5.41) is 3.05. The van der Waals surface area contributed by atoms with Crippen molar-refractivity contribution in [1.82, 2.24) is 0 Å². The van der Waals surface area contributed by atoms with Crippen molar-refractivity contribution in [2.24, 2.45) is 11.3 Å². The molecular formula is C24H32O2Si. The fraction of sp³-hybridized carbons (Fsp3) is 0.458. The Hall–Kier alpha value is -1.87. The van der Waals surface area contributed by atoms with Gasteiger partial charge >= 0.3 is 5.97 Å². The van der Waals surface area contributed by atoms with E-state index in [0.29, 0.717) is 5.92 Å². The Kier molecular flexibility index (Phi) is 5.35. The molecule has 0 spiro atoms. The van der Waals surface area contributed by atoms with Crippen LogP contribution in [0.1, 0.15) is 40.5 Å². The summed E-state index contributed by atoms with van der Waals surface area (Å²) >= 11 is 0. The molecule has 0 heterocycles. The second-order valence-electron chi connectivity index (χ2n) is 9.24. The van der Waals surface area contributed by atoms with Crippen LogP contribution in [0.25, 0.3) is 0 Å². The molecule has 0 radical (unpaired) electrons. The van der Waals surface area contributed by atoms with Crippen molar-refractivity contribution >= 4 is 24.4 Å². The molecule has 0 aliphatic heterocycles. The lowest BCUT2D eigenvalue weighted by molar-refractivity contribution is -0.162. The highest BCUT2D eigenvalue weighted by Gasteiger charge is 2.56. The van der Waals surface area contributed by atoms with Gasteiger partial charge in [-0.05, 0) is 36.8 Å². The standard InChI is InChI=1S/C24H32O2Si/c1-23(2,3)27(20-12-8-6-9-13-20,21-14-10-7-11-15-21)18-19-16-17-24(19,4)22(25)26-5/h6-15,19H,16-18H2,1-5H3. The fourth-order valence-electron chi connectivity index (χ4n) is 5.00. The quantitative estimate of drug-likeness (QED) is 0.558. The minimum atomic E-state index is -2.14. The number of benzene rings is 2. The summed E-state index contributed by atoms with van der Waals surface area (Å²) in [6.45, 7) is 9.25. The van der Waals surface area contributed by atoms with Crippen LogP contribution >= 0.6 is 0 Å². The molecule has 0 saturated heterocycles. The van der Waals surface area contributed by atoms with Gasteiger partial charge in [-0.1, -0.05) is 91.8 Å². The average molecular weight is 381 g/mol. The lowest BCUT2D eigenvalue weighted by Crippen LogP contribution is -2.66. The molecule has 2 unspecified atom stereocenters. The molecule has 3 heteroatoms. The van der Waals surface area contributed by atoms with Gasteiger partial charge in [0, 0.05) is 0 Å². The van der Waals surface area contributed by atoms with Gasteiger partial charge in [0.1, 0.15) is 8.07 Å². The molecule has 0 bridgehead atoms. The zero-order valence-corrected chi connectivity index (χ0v) is 18.3. The monoisotopic (exact) mass is 380 g/mol. The zero-order chi connectivity index (χ0) is 19.7. The van der Waals surface area contributed by atoms with E-state index < -0.39 is 8.07 Å². The first-order valence-corrected chi connectivity index (χ1v) is 12.2. The van der Waals surface area contributed by atoms with E-state index in [4.69, 9.17) is 4.74 Å². The third-order valence-electron chi connectivity index (χ3n) is 6.93. The second-order valence-corrected chi connectivity index (χ2v) is 14.1.